The highest BCUT2D eigenvalue weighted by molar-refractivity contribution is 5.83. The van der Waals surface area contributed by atoms with Gasteiger partial charge in [-0.05, 0) is 54.8 Å². The lowest BCUT2D eigenvalue weighted by Crippen LogP contribution is -2.20. The average molecular weight is 282 g/mol. The van der Waals surface area contributed by atoms with Crippen LogP contribution in [0.4, 0.5) is 0 Å². The Morgan fingerprint density at radius 3 is 2.57 bits per heavy atom. The molecule has 21 heavy (non-hydrogen) atoms. The summed E-state index contributed by atoms with van der Waals surface area (Å²) in [7, 11) is 0. The van der Waals surface area contributed by atoms with Crippen molar-refractivity contribution in [2.75, 3.05) is 0 Å². The highest BCUT2D eigenvalue weighted by atomic mass is 16.3. The van der Waals surface area contributed by atoms with Crippen molar-refractivity contribution in [1.29, 1.82) is 0 Å². The zero-order valence-electron chi connectivity index (χ0n) is 12.1. The number of aromatic hydroxyl groups is 1. The maximum absolute atomic E-state index is 11.8. The molecule has 0 unspecified atom stereocenters. The quantitative estimate of drug-likeness (QED) is 0.669. The van der Waals surface area contributed by atoms with Crippen LogP contribution in [0, 0.1) is 13.8 Å². The Bertz CT molecular complexity index is 661. The van der Waals surface area contributed by atoms with Crippen molar-refractivity contribution in [1.82, 2.24) is 5.43 Å². The van der Waals surface area contributed by atoms with Gasteiger partial charge in [-0.2, -0.15) is 5.10 Å². The number of carbonyl (C=O) groups excluding carboxylic acids is 1. The summed E-state index contributed by atoms with van der Waals surface area (Å²) in [6.07, 6.45) is 1.85. The standard InChI is InChI=1S/C17H18N2O2/c1-12-3-6-15(13(2)9-12)10-17(21)19-18-11-14-4-7-16(20)8-5-14/h3-9,11,20H,10H2,1-2H3,(H,19,21)/b18-11-. The topological polar surface area (TPSA) is 61.7 Å². The molecule has 0 heterocycles. The first-order valence-electron chi connectivity index (χ1n) is 6.71. The number of benzene rings is 2. The van der Waals surface area contributed by atoms with Crippen LogP contribution < -0.4 is 5.43 Å². The van der Waals surface area contributed by atoms with Crippen LogP contribution in [0.15, 0.2) is 47.6 Å². The van der Waals surface area contributed by atoms with Crippen LogP contribution >= 0.6 is 0 Å². The predicted octanol–water partition coefficient (Wildman–Crippen LogP) is 2.70. The molecule has 0 fully saturated rings. The summed E-state index contributed by atoms with van der Waals surface area (Å²) in [5.74, 6) is 0.0445. The second kappa shape index (κ2) is 6.70. The number of hydrazone groups is 1. The molecule has 0 aliphatic heterocycles. The van der Waals surface area contributed by atoms with Gasteiger partial charge < -0.3 is 5.11 Å². The molecule has 0 aliphatic carbocycles. The second-order valence-electron chi connectivity index (χ2n) is 4.99. The van der Waals surface area contributed by atoms with Crippen LogP contribution in [-0.2, 0) is 11.2 Å². The number of aryl methyl sites for hydroxylation is 2. The summed E-state index contributed by atoms with van der Waals surface area (Å²) in [5, 5.41) is 13.1. The van der Waals surface area contributed by atoms with E-state index >= 15 is 0 Å². The lowest BCUT2D eigenvalue weighted by molar-refractivity contribution is -0.120. The van der Waals surface area contributed by atoms with E-state index in [0.717, 1.165) is 16.7 Å². The van der Waals surface area contributed by atoms with Crippen molar-refractivity contribution in [3.05, 3.63) is 64.7 Å². The molecule has 0 saturated heterocycles. The van der Waals surface area contributed by atoms with Crippen molar-refractivity contribution >= 4 is 12.1 Å². The van der Waals surface area contributed by atoms with Crippen LogP contribution in [0.2, 0.25) is 0 Å². The van der Waals surface area contributed by atoms with Crippen molar-refractivity contribution in [3.8, 4) is 5.75 Å². The van der Waals surface area contributed by atoms with Crippen LogP contribution in [0.3, 0.4) is 0 Å². The first-order chi connectivity index (χ1) is 10.0. The minimum Gasteiger partial charge on any atom is -0.508 e. The van der Waals surface area contributed by atoms with Crippen LogP contribution in [0.5, 0.6) is 5.75 Å². The third kappa shape index (κ3) is 4.45. The normalized spacial score (nSPS) is 10.8. The molecule has 1 amide bonds. The summed E-state index contributed by atoms with van der Waals surface area (Å²) < 4.78 is 0. The molecule has 2 rings (SSSR count). The first kappa shape index (κ1) is 14.8. The Morgan fingerprint density at radius 1 is 1.19 bits per heavy atom. The van der Waals surface area contributed by atoms with Gasteiger partial charge in [0.2, 0.25) is 5.91 Å². The molecule has 108 valence electrons. The average Bonchev–Trinajstić information content (AvgIpc) is 2.44. The summed E-state index contributed by atoms with van der Waals surface area (Å²) in [4.78, 5) is 11.8. The highest BCUT2D eigenvalue weighted by Crippen LogP contribution is 2.11. The van der Waals surface area contributed by atoms with Crippen molar-refractivity contribution in [2.24, 2.45) is 5.10 Å². The first-order valence-corrected chi connectivity index (χ1v) is 6.71. The minimum atomic E-state index is -0.156. The van der Waals surface area contributed by atoms with Crippen molar-refractivity contribution in [3.63, 3.8) is 0 Å². The predicted molar refractivity (Wildman–Crippen MR) is 83.5 cm³/mol. The van der Waals surface area contributed by atoms with E-state index in [1.54, 1.807) is 30.5 Å². The molecule has 0 aromatic heterocycles. The molecule has 0 saturated carbocycles. The highest BCUT2D eigenvalue weighted by Gasteiger charge is 2.04. The van der Waals surface area contributed by atoms with E-state index in [2.05, 4.69) is 16.6 Å². The molecule has 4 heteroatoms. The van der Waals surface area contributed by atoms with Gasteiger partial charge in [-0.25, -0.2) is 5.43 Å². The van der Waals surface area contributed by atoms with Crippen molar-refractivity contribution < 1.29 is 9.90 Å². The van der Waals surface area contributed by atoms with Crippen molar-refractivity contribution in [2.45, 2.75) is 20.3 Å². The summed E-state index contributed by atoms with van der Waals surface area (Å²) in [5.41, 5.74) is 6.59. The molecule has 2 aromatic carbocycles. The largest absolute Gasteiger partial charge is 0.508 e. The van der Waals surface area contributed by atoms with E-state index in [1.807, 2.05) is 26.0 Å². The van der Waals surface area contributed by atoms with Gasteiger partial charge in [0, 0.05) is 0 Å². The molecule has 2 N–H and O–H groups in total. The van der Waals surface area contributed by atoms with Gasteiger partial charge >= 0.3 is 0 Å². The number of hydrogen-bond donors (Lipinski definition) is 2. The zero-order chi connectivity index (χ0) is 15.2. The second-order valence-corrected chi connectivity index (χ2v) is 4.99. The molecule has 4 nitrogen and oxygen atoms in total. The fourth-order valence-corrected chi connectivity index (χ4v) is 2.00. The Labute approximate surface area is 124 Å². The molecule has 0 atom stereocenters. The molecule has 0 bridgehead atoms. The third-order valence-corrected chi connectivity index (χ3v) is 3.15. The fourth-order valence-electron chi connectivity index (χ4n) is 2.00. The lowest BCUT2D eigenvalue weighted by atomic mass is 10.0. The molecular formula is C17H18N2O2. The lowest BCUT2D eigenvalue weighted by Gasteiger charge is -2.05. The Morgan fingerprint density at radius 2 is 1.90 bits per heavy atom. The van der Waals surface area contributed by atoms with E-state index in [9.17, 15) is 4.79 Å². The van der Waals surface area contributed by atoms with E-state index in [-0.39, 0.29) is 11.7 Å². The minimum absolute atomic E-state index is 0.156. The Kier molecular flexibility index (Phi) is 4.72. The number of carbonyl (C=O) groups is 1. The smallest absolute Gasteiger partial charge is 0.244 e. The van der Waals surface area contributed by atoms with E-state index < -0.39 is 0 Å². The number of nitrogens with zero attached hydrogens (tertiary/aromatic N) is 1. The van der Waals surface area contributed by atoms with Gasteiger partial charge in [0.25, 0.3) is 0 Å². The summed E-state index contributed by atoms with van der Waals surface area (Å²) >= 11 is 0. The molecule has 0 aliphatic rings. The fraction of sp³-hybridized carbons (Fsp3) is 0.176. The van der Waals surface area contributed by atoms with Gasteiger partial charge in [0.15, 0.2) is 0 Å². The number of rotatable bonds is 4. The Balaban J connectivity index is 1.91. The van der Waals surface area contributed by atoms with Crippen LogP contribution in [0.1, 0.15) is 22.3 Å². The summed E-state index contributed by atoms with van der Waals surface area (Å²) in [6, 6.07) is 12.6. The number of phenolic OH excluding ortho intramolecular Hbond substituents is 1. The van der Waals surface area contributed by atoms with E-state index in [4.69, 9.17) is 5.11 Å². The number of nitrogens with one attached hydrogen (secondary N) is 1. The van der Waals surface area contributed by atoms with Gasteiger partial charge in [-0.15, -0.1) is 0 Å². The van der Waals surface area contributed by atoms with Gasteiger partial charge in [-0.1, -0.05) is 23.8 Å². The maximum atomic E-state index is 11.8. The van der Waals surface area contributed by atoms with E-state index in [1.165, 1.54) is 5.56 Å². The monoisotopic (exact) mass is 282 g/mol. The molecule has 0 radical (unpaired) electrons. The zero-order valence-corrected chi connectivity index (χ0v) is 12.1. The molecule has 2 aromatic rings. The number of phenols is 1. The number of hydrogen-bond acceptors (Lipinski definition) is 3. The van der Waals surface area contributed by atoms with E-state index in [0.29, 0.717) is 6.42 Å². The molecular weight excluding hydrogens is 264 g/mol. The molecule has 0 spiro atoms. The summed E-state index contributed by atoms with van der Waals surface area (Å²) in [6.45, 7) is 4.02. The maximum Gasteiger partial charge on any atom is 0.244 e. The number of amides is 1. The van der Waals surface area contributed by atoms with Gasteiger partial charge in [-0.3, -0.25) is 4.79 Å². The van der Waals surface area contributed by atoms with Gasteiger partial charge in [0.05, 0.1) is 12.6 Å². The van der Waals surface area contributed by atoms with Crippen LogP contribution in [-0.4, -0.2) is 17.2 Å². The van der Waals surface area contributed by atoms with Gasteiger partial charge in [0.1, 0.15) is 5.75 Å². The van der Waals surface area contributed by atoms with Crippen LogP contribution in [0.25, 0.3) is 0 Å². The Hall–Kier alpha value is -2.62. The third-order valence-electron chi connectivity index (χ3n) is 3.15. The SMILES string of the molecule is Cc1ccc(CC(=O)N/N=C\c2ccc(O)cc2)c(C)c1.